The molecule has 2 atom stereocenters. The van der Waals surface area contributed by atoms with E-state index in [-0.39, 0.29) is 5.91 Å². The highest BCUT2D eigenvalue weighted by Crippen LogP contribution is 2.17. The maximum atomic E-state index is 12.1. The molecule has 112 valence electrons. The molecule has 0 bridgehead atoms. The van der Waals surface area contributed by atoms with Crippen LogP contribution >= 0.6 is 0 Å². The molecule has 0 spiro atoms. The van der Waals surface area contributed by atoms with Gasteiger partial charge in [0.1, 0.15) is 12.1 Å². The molecule has 3 rings (SSSR count). The number of para-hydroxylation sites is 1. The first kappa shape index (κ1) is 14.3. The van der Waals surface area contributed by atoms with Crippen molar-refractivity contribution in [2.75, 3.05) is 6.61 Å². The predicted octanol–water partition coefficient (Wildman–Crippen LogP) is 1.73. The smallest absolute Gasteiger partial charge is 0.250 e. The highest BCUT2D eigenvalue weighted by atomic mass is 16.5. The molecule has 22 heavy (non-hydrogen) atoms. The Balaban J connectivity index is 1.73. The van der Waals surface area contributed by atoms with Crippen LogP contribution < -0.4 is 5.32 Å². The van der Waals surface area contributed by atoms with E-state index in [1.807, 2.05) is 30.3 Å². The lowest BCUT2D eigenvalue weighted by Crippen LogP contribution is -2.36. The molecule has 0 saturated carbocycles. The van der Waals surface area contributed by atoms with E-state index < -0.39 is 12.1 Å². The number of nitriles is 1. The fourth-order valence-electron chi connectivity index (χ4n) is 2.42. The molecule has 1 aromatic heterocycles. The van der Waals surface area contributed by atoms with Gasteiger partial charge < -0.3 is 10.1 Å². The lowest BCUT2D eigenvalue weighted by molar-refractivity contribution is -0.130. The average molecular weight is 296 g/mol. The summed E-state index contributed by atoms with van der Waals surface area (Å²) in [6, 6.07) is 11.0. The molecule has 1 fully saturated rings. The van der Waals surface area contributed by atoms with Gasteiger partial charge in [0.05, 0.1) is 18.0 Å². The van der Waals surface area contributed by atoms with Gasteiger partial charge in [0.15, 0.2) is 0 Å². The minimum atomic E-state index is -0.728. The summed E-state index contributed by atoms with van der Waals surface area (Å²) in [4.78, 5) is 12.1. The Kier molecular flexibility index (Phi) is 4.17. The van der Waals surface area contributed by atoms with Crippen LogP contribution in [0.4, 0.5) is 0 Å². The van der Waals surface area contributed by atoms with Gasteiger partial charge in [0.25, 0.3) is 0 Å². The molecule has 1 aliphatic rings. The number of benzene rings is 1. The zero-order valence-electron chi connectivity index (χ0n) is 12.0. The van der Waals surface area contributed by atoms with Gasteiger partial charge >= 0.3 is 0 Å². The maximum Gasteiger partial charge on any atom is 0.250 e. The average Bonchev–Trinajstić information content (AvgIpc) is 3.24. The van der Waals surface area contributed by atoms with Crippen molar-refractivity contribution >= 4 is 5.91 Å². The summed E-state index contributed by atoms with van der Waals surface area (Å²) in [6.45, 7) is 0.598. The Morgan fingerprint density at radius 3 is 2.95 bits per heavy atom. The van der Waals surface area contributed by atoms with Crippen molar-refractivity contribution < 1.29 is 9.53 Å². The van der Waals surface area contributed by atoms with Gasteiger partial charge in [-0.2, -0.15) is 10.4 Å². The first-order valence-electron chi connectivity index (χ1n) is 7.19. The second-order valence-corrected chi connectivity index (χ2v) is 5.13. The van der Waals surface area contributed by atoms with Crippen molar-refractivity contribution in [2.45, 2.75) is 25.0 Å². The number of hydrogen-bond acceptors (Lipinski definition) is 4. The van der Waals surface area contributed by atoms with Crippen molar-refractivity contribution in [1.29, 1.82) is 5.26 Å². The number of rotatable bonds is 4. The summed E-state index contributed by atoms with van der Waals surface area (Å²) in [5.41, 5.74) is 1.55. The minimum Gasteiger partial charge on any atom is -0.368 e. The third-order valence-corrected chi connectivity index (χ3v) is 3.59. The third-order valence-electron chi connectivity index (χ3n) is 3.59. The van der Waals surface area contributed by atoms with Crippen LogP contribution in [0.1, 0.15) is 24.4 Å². The maximum absolute atomic E-state index is 12.1. The lowest BCUT2D eigenvalue weighted by atomic mass is 10.1. The van der Waals surface area contributed by atoms with Crippen LogP contribution in [0.5, 0.6) is 0 Å². The normalized spacial score (nSPS) is 18.6. The van der Waals surface area contributed by atoms with E-state index in [2.05, 4.69) is 16.5 Å². The molecule has 1 aliphatic heterocycles. The number of hydrogen-bond donors (Lipinski definition) is 1. The molecule has 0 radical (unpaired) electrons. The fourth-order valence-corrected chi connectivity index (χ4v) is 2.42. The summed E-state index contributed by atoms with van der Waals surface area (Å²) in [5.74, 6) is -0.239. The number of carbonyl (C=O) groups excluding carboxylic acids is 1. The highest BCUT2D eigenvalue weighted by molar-refractivity contribution is 5.81. The van der Waals surface area contributed by atoms with E-state index in [4.69, 9.17) is 4.74 Å². The molecule has 1 aromatic carbocycles. The van der Waals surface area contributed by atoms with Gasteiger partial charge in [-0.25, -0.2) is 4.68 Å². The number of aromatic nitrogens is 2. The molecular formula is C16H16N4O2. The number of nitrogens with zero attached hydrogens (tertiary/aromatic N) is 3. The van der Waals surface area contributed by atoms with Crippen LogP contribution in [-0.4, -0.2) is 28.4 Å². The molecule has 2 heterocycles. The number of carbonyl (C=O) groups is 1. The van der Waals surface area contributed by atoms with Gasteiger partial charge in [0.2, 0.25) is 5.91 Å². The first-order chi connectivity index (χ1) is 10.8. The van der Waals surface area contributed by atoms with E-state index in [0.717, 1.165) is 12.1 Å². The van der Waals surface area contributed by atoms with Gasteiger partial charge in [-0.3, -0.25) is 4.79 Å². The second kappa shape index (κ2) is 6.41. The van der Waals surface area contributed by atoms with Crippen LogP contribution in [0.25, 0.3) is 5.69 Å². The van der Waals surface area contributed by atoms with Gasteiger partial charge in [-0.05, 0) is 25.0 Å². The van der Waals surface area contributed by atoms with Crippen molar-refractivity contribution in [3.05, 3.63) is 48.3 Å². The molecule has 2 aromatic rings. The van der Waals surface area contributed by atoms with Crippen LogP contribution in [0.3, 0.4) is 0 Å². The fraction of sp³-hybridized carbons (Fsp3) is 0.312. The van der Waals surface area contributed by atoms with Crippen molar-refractivity contribution in [3.8, 4) is 11.8 Å². The monoisotopic (exact) mass is 296 g/mol. The van der Waals surface area contributed by atoms with Crippen molar-refractivity contribution in [1.82, 2.24) is 15.1 Å². The van der Waals surface area contributed by atoms with Crippen LogP contribution in [0.15, 0.2) is 42.7 Å². The van der Waals surface area contributed by atoms with Gasteiger partial charge in [0, 0.05) is 18.4 Å². The van der Waals surface area contributed by atoms with Crippen LogP contribution in [0, 0.1) is 11.3 Å². The van der Waals surface area contributed by atoms with E-state index in [1.54, 1.807) is 17.1 Å². The molecule has 0 unspecified atom stereocenters. The van der Waals surface area contributed by atoms with Crippen molar-refractivity contribution in [3.63, 3.8) is 0 Å². The Hall–Kier alpha value is -2.65. The topological polar surface area (TPSA) is 79.9 Å². The zero-order chi connectivity index (χ0) is 15.4. The van der Waals surface area contributed by atoms with E-state index in [9.17, 15) is 10.1 Å². The zero-order valence-corrected chi connectivity index (χ0v) is 12.0. The summed E-state index contributed by atoms with van der Waals surface area (Å²) in [7, 11) is 0. The summed E-state index contributed by atoms with van der Waals surface area (Å²) < 4.78 is 7.01. The highest BCUT2D eigenvalue weighted by Gasteiger charge is 2.26. The predicted molar refractivity (Wildman–Crippen MR) is 79.0 cm³/mol. The SMILES string of the molecule is N#C[C@@H](NC(=O)[C@@H]1CCCO1)c1cnn(-c2ccccc2)c1. The van der Waals surface area contributed by atoms with Crippen LogP contribution in [-0.2, 0) is 9.53 Å². The summed E-state index contributed by atoms with van der Waals surface area (Å²) in [5, 5.41) is 16.3. The van der Waals surface area contributed by atoms with E-state index in [1.165, 1.54) is 0 Å². The van der Waals surface area contributed by atoms with Crippen LogP contribution in [0.2, 0.25) is 0 Å². The minimum absolute atomic E-state index is 0.239. The molecule has 0 aliphatic carbocycles. The van der Waals surface area contributed by atoms with Gasteiger partial charge in [-0.1, -0.05) is 18.2 Å². The van der Waals surface area contributed by atoms with Gasteiger partial charge in [-0.15, -0.1) is 0 Å². The largest absolute Gasteiger partial charge is 0.368 e. The standard InChI is InChI=1S/C16H16N4O2/c17-9-14(19-16(21)15-7-4-8-22-15)12-10-18-20(11-12)13-5-2-1-3-6-13/h1-3,5-6,10-11,14-15H,4,7-8H2,(H,19,21)/t14-,15+/m1/s1. The molecule has 1 saturated heterocycles. The first-order valence-corrected chi connectivity index (χ1v) is 7.19. The lowest BCUT2D eigenvalue weighted by Gasteiger charge is -2.13. The van der Waals surface area contributed by atoms with E-state index in [0.29, 0.717) is 18.6 Å². The summed E-state index contributed by atoms with van der Waals surface area (Å²) >= 11 is 0. The molecule has 6 heteroatoms. The number of amides is 1. The molecule has 6 nitrogen and oxygen atoms in total. The second-order valence-electron chi connectivity index (χ2n) is 5.13. The number of nitrogens with one attached hydrogen (secondary N) is 1. The molecule has 1 N–H and O–H groups in total. The molecule has 1 amide bonds. The Morgan fingerprint density at radius 1 is 1.45 bits per heavy atom. The quantitative estimate of drug-likeness (QED) is 0.931. The molecular weight excluding hydrogens is 280 g/mol. The summed E-state index contributed by atoms with van der Waals surface area (Å²) in [6.07, 6.45) is 4.48. The number of ether oxygens (including phenoxy) is 1. The van der Waals surface area contributed by atoms with Crippen molar-refractivity contribution in [2.24, 2.45) is 0 Å². The Labute approximate surface area is 128 Å². The third kappa shape index (κ3) is 3.00. The Morgan fingerprint density at radius 2 is 2.27 bits per heavy atom. The Bertz CT molecular complexity index is 684. The van der Waals surface area contributed by atoms with E-state index >= 15 is 0 Å².